The second-order valence-electron chi connectivity index (χ2n) is 3.20. The zero-order chi connectivity index (χ0) is 11.5. The number of rotatable bonds is 4. The third-order valence-electron chi connectivity index (χ3n) is 1.95. The maximum Gasteiger partial charge on any atom is 0.236 e. The average molecular weight is 249 g/mol. The van der Waals surface area contributed by atoms with Crippen molar-refractivity contribution < 1.29 is 13.2 Å². The van der Waals surface area contributed by atoms with E-state index in [2.05, 4.69) is 0 Å². The normalized spacial score (nSPS) is 11.4. The molecule has 0 atom stereocenters. The van der Waals surface area contributed by atoms with Crippen molar-refractivity contribution in [2.24, 2.45) is 0 Å². The molecule has 0 amide bonds. The molecule has 0 aliphatic rings. The number of hydrogen-bond acceptors (Lipinski definition) is 3. The summed E-state index contributed by atoms with van der Waals surface area (Å²) in [6, 6.07) is 5.27. The molecule has 1 aromatic rings. The van der Waals surface area contributed by atoms with Gasteiger partial charge in [0.25, 0.3) is 0 Å². The Morgan fingerprint density at radius 1 is 1.40 bits per heavy atom. The summed E-state index contributed by atoms with van der Waals surface area (Å²) in [5.74, 6) is 0.595. The monoisotopic (exact) mass is 248 g/mol. The number of halogens is 1. The highest BCUT2D eigenvalue weighted by molar-refractivity contribution is 8.13. The SMILES string of the molecule is CCOc1ccc(CS(=O)(=O)Cl)c(C)c1. The minimum Gasteiger partial charge on any atom is -0.494 e. The van der Waals surface area contributed by atoms with Crippen molar-refractivity contribution in [2.45, 2.75) is 19.6 Å². The van der Waals surface area contributed by atoms with Gasteiger partial charge in [0.05, 0.1) is 12.4 Å². The van der Waals surface area contributed by atoms with Gasteiger partial charge in [-0.1, -0.05) is 6.07 Å². The van der Waals surface area contributed by atoms with Crippen molar-refractivity contribution in [3.63, 3.8) is 0 Å². The number of ether oxygens (including phenoxy) is 1. The Hall–Kier alpha value is -0.740. The molecule has 0 spiro atoms. The summed E-state index contributed by atoms with van der Waals surface area (Å²) in [5.41, 5.74) is 1.57. The molecule has 0 unspecified atom stereocenters. The van der Waals surface area contributed by atoms with Crippen molar-refractivity contribution in [2.75, 3.05) is 6.61 Å². The van der Waals surface area contributed by atoms with Crippen LogP contribution in [0.5, 0.6) is 5.75 Å². The lowest BCUT2D eigenvalue weighted by Gasteiger charge is -2.07. The zero-order valence-electron chi connectivity index (χ0n) is 8.66. The van der Waals surface area contributed by atoms with E-state index in [0.29, 0.717) is 12.2 Å². The molecule has 5 heteroatoms. The van der Waals surface area contributed by atoms with E-state index in [1.54, 1.807) is 18.2 Å². The molecule has 0 saturated carbocycles. The molecule has 0 fully saturated rings. The molecule has 0 aliphatic heterocycles. The van der Waals surface area contributed by atoms with Crippen LogP contribution in [0.1, 0.15) is 18.1 Å². The first kappa shape index (κ1) is 12.3. The molecule has 0 aromatic heterocycles. The van der Waals surface area contributed by atoms with Gasteiger partial charge in [-0.15, -0.1) is 0 Å². The third kappa shape index (κ3) is 4.10. The lowest BCUT2D eigenvalue weighted by atomic mass is 10.1. The smallest absolute Gasteiger partial charge is 0.236 e. The van der Waals surface area contributed by atoms with E-state index in [4.69, 9.17) is 15.4 Å². The van der Waals surface area contributed by atoms with Gasteiger partial charge in [-0.25, -0.2) is 8.42 Å². The molecule has 84 valence electrons. The number of hydrogen-bond donors (Lipinski definition) is 0. The van der Waals surface area contributed by atoms with Crippen LogP contribution in [0.25, 0.3) is 0 Å². The Kier molecular flexibility index (Phi) is 3.99. The Balaban J connectivity index is 2.93. The summed E-state index contributed by atoms with van der Waals surface area (Å²) in [5, 5.41) is 0. The standard InChI is InChI=1S/C10H13ClO3S/c1-3-14-10-5-4-9(8(2)6-10)7-15(11,12)13/h4-6H,3,7H2,1-2H3. The summed E-state index contributed by atoms with van der Waals surface area (Å²) in [6.07, 6.45) is 0. The van der Waals surface area contributed by atoms with Crippen molar-refractivity contribution in [1.82, 2.24) is 0 Å². The Bertz CT molecular complexity index is 440. The van der Waals surface area contributed by atoms with Gasteiger partial charge >= 0.3 is 0 Å². The van der Waals surface area contributed by atoms with E-state index in [1.165, 1.54) is 0 Å². The fraction of sp³-hybridized carbons (Fsp3) is 0.400. The predicted molar refractivity (Wildman–Crippen MR) is 60.8 cm³/mol. The van der Waals surface area contributed by atoms with Crippen molar-refractivity contribution in [1.29, 1.82) is 0 Å². The quantitative estimate of drug-likeness (QED) is 0.769. The molecule has 1 aromatic carbocycles. The fourth-order valence-electron chi connectivity index (χ4n) is 1.27. The van der Waals surface area contributed by atoms with E-state index in [1.807, 2.05) is 13.8 Å². The van der Waals surface area contributed by atoms with Crippen molar-refractivity contribution >= 4 is 19.7 Å². The molecule has 0 bridgehead atoms. The zero-order valence-corrected chi connectivity index (χ0v) is 10.2. The van der Waals surface area contributed by atoms with Crippen LogP contribution in [0.4, 0.5) is 0 Å². The maximum atomic E-state index is 10.9. The van der Waals surface area contributed by atoms with Gasteiger partial charge < -0.3 is 4.74 Å². The highest BCUT2D eigenvalue weighted by Gasteiger charge is 2.09. The molecule has 0 heterocycles. The van der Waals surface area contributed by atoms with Crippen LogP contribution in [0, 0.1) is 6.92 Å². The topological polar surface area (TPSA) is 43.4 Å². The Morgan fingerprint density at radius 3 is 2.53 bits per heavy atom. The van der Waals surface area contributed by atoms with Crippen LogP contribution in [-0.4, -0.2) is 15.0 Å². The summed E-state index contributed by atoms with van der Waals surface area (Å²) in [4.78, 5) is 0. The Labute approximate surface area is 94.4 Å². The largest absolute Gasteiger partial charge is 0.494 e. The average Bonchev–Trinajstić information content (AvgIpc) is 2.08. The lowest BCUT2D eigenvalue weighted by Crippen LogP contribution is -1.99. The minimum absolute atomic E-state index is 0.146. The van der Waals surface area contributed by atoms with Crippen LogP contribution < -0.4 is 4.74 Å². The molecule has 1 rings (SSSR count). The van der Waals surface area contributed by atoms with Gasteiger partial charge in [0, 0.05) is 10.7 Å². The lowest BCUT2D eigenvalue weighted by molar-refractivity contribution is 0.340. The van der Waals surface area contributed by atoms with E-state index in [-0.39, 0.29) is 5.75 Å². The van der Waals surface area contributed by atoms with Gasteiger partial charge in [0.15, 0.2) is 0 Å². The third-order valence-corrected chi connectivity index (χ3v) is 2.94. The van der Waals surface area contributed by atoms with Crippen LogP contribution in [0.2, 0.25) is 0 Å². The highest BCUT2D eigenvalue weighted by atomic mass is 35.7. The first-order valence-electron chi connectivity index (χ1n) is 4.57. The van der Waals surface area contributed by atoms with E-state index in [0.717, 1.165) is 11.3 Å². The van der Waals surface area contributed by atoms with Crippen LogP contribution in [-0.2, 0) is 14.8 Å². The van der Waals surface area contributed by atoms with Gasteiger partial charge in [0.1, 0.15) is 5.75 Å². The van der Waals surface area contributed by atoms with E-state index < -0.39 is 9.05 Å². The molecule has 0 aliphatic carbocycles. The number of benzene rings is 1. The van der Waals surface area contributed by atoms with Gasteiger partial charge in [-0.3, -0.25) is 0 Å². The first-order valence-corrected chi connectivity index (χ1v) is 7.05. The fourth-order valence-corrected chi connectivity index (χ4v) is 2.32. The second-order valence-corrected chi connectivity index (χ2v) is 5.98. The molecular formula is C10H13ClO3S. The summed E-state index contributed by atoms with van der Waals surface area (Å²) >= 11 is 0. The van der Waals surface area contributed by atoms with E-state index >= 15 is 0 Å². The second kappa shape index (κ2) is 4.86. The summed E-state index contributed by atoms with van der Waals surface area (Å²) in [6.45, 7) is 4.32. The van der Waals surface area contributed by atoms with Crippen LogP contribution >= 0.6 is 10.7 Å². The molecule has 0 saturated heterocycles. The van der Waals surface area contributed by atoms with Crippen LogP contribution in [0.3, 0.4) is 0 Å². The Morgan fingerprint density at radius 2 is 2.07 bits per heavy atom. The number of aryl methyl sites for hydroxylation is 1. The molecule has 0 N–H and O–H groups in total. The molecule has 3 nitrogen and oxygen atoms in total. The first-order chi connectivity index (χ1) is 6.92. The van der Waals surface area contributed by atoms with Gasteiger partial charge in [0.2, 0.25) is 9.05 Å². The van der Waals surface area contributed by atoms with E-state index in [9.17, 15) is 8.42 Å². The summed E-state index contributed by atoms with van der Waals surface area (Å²) < 4.78 is 27.1. The molecular weight excluding hydrogens is 236 g/mol. The predicted octanol–water partition coefficient (Wildman–Crippen LogP) is 2.46. The molecule has 0 radical (unpaired) electrons. The van der Waals surface area contributed by atoms with Gasteiger partial charge in [-0.05, 0) is 37.1 Å². The molecule has 15 heavy (non-hydrogen) atoms. The van der Waals surface area contributed by atoms with Crippen molar-refractivity contribution in [3.8, 4) is 5.75 Å². The minimum atomic E-state index is -3.49. The highest BCUT2D eigenvalue weighted by Crippen LogP contribution is 2.20. The maximum absolute atomic E-state index is 10.9. The summed E-state index contributed by atoms with van der Waals surface area (Å²) in [7, 11) is 1.69. The van der Waals surface area contributed by atoms with Gasteiger partial charge in [-0.2, -0.15) is 0 Å². The van der Waals surface area contributed by atoms with Crippen LogP contribution in [0.15, 0.2) is 18.2 Å². The van der Waals surface area contributed by atoms with Crippen molar-refractivity contribution in [3.05, 3.63) is 29.3 Å².